The van der Waals surface area contributed by atoms with Gasteiger partial charge in [-0.15, -0.1) is 10.2 Å². The van der Waals surface area contributed by atoms with Gasteiger partial charge in [-0.1, -0.05) is 22.0 Å². The van der Waals surface area contributed by atoms with Crippen molar-refractivity contribution in [1.29, 1.82) is 0 Å². The first kappa shape index (κ1) is 16.0. The first-order chi connectivity index (χ1) is 12.1. The van der Waals surface area contributed by atoms with Crippen molar-refractivity contribution in [3.05, 3.63) is 63.0 Å². The Morgan fingerprint density at radius 3 is 2.96 bits per heavy atom. The second-order valence-electron chi connectivity index (χ2n) is 6.16. The number of benzene rings is 1. The number of pyridine rings is 1. The fourth-order valence-electron chi connectivity index (χ4n) is 3.46. The van der Waals surface area contributed by atoms with Gasteiger partial charge in [0.1, 0.15) is 11.5 Å². The highest BCUT2D eigenvalue weighted by Crippen LogP contribution is 2.35. The SMILES string of the molecule is O=[N+]([O-])c1cc(Br)ccc1N1CCCC(c2nnc3ccccn23)C1. The molecule has 1 aliphatic rings. The van der Waals surface area contributed by atoms with Gasteiger partial charge in [-0.3, -0.25) is 14.5 Å². The lowest BCUT2D eigenvalue weighted by atomic mass is 9.96. The van der Waals surface area contributed by atoms with Crippen LogP contribution in [0, 0.1) is 10.1 Å². The molecule has 1 aromatic carbocycles. The average molecular weight is 402 g/mol. The molecule has 0 bridgehead atoms. The molecule has 0 amide bonds. The molecule has 0 aliphatic carbocycles. The molecule has 128 valence electrons. The number of nitrogens with zero attached hydrogens (tertiary/aromatic N) is 5. The van der Waals surface area contributed by atoms with E-state index in [4.69, 9.17) is 0 Å². The van der Waals surface area contributed by atoms with E-state index in [-0.39, 0.29) is 16.5 Å². The number of aromatic nitrogens is 3. The predicted octanol–water partition coefficient (Wildman–Crippen LogP) is 3.78. The summed E-state index contributed by atoms with van der Waals surface area (Å²) in [5.41, 5.74) is 1.61. The van der Waals surface area contributed by atoms with E-state index in [1.54, 1.807) is 6.07 Å². The lowest BCUT2D eigenvalue weighted by Crippen LogP contribution is -2.35. The molecule has 2 aromatic heterocycles. The zero-order valence-corrected chi connectivity index (χ0v) is 15.0. The number of hydrogen-bond acceptors (Lipinski definition) is 5. The number of nitro benzene ring substituents is 1. The van der Waals surface area contributed by atoms with Crippen LogP contribution in [-0.2, 0) is 0 Å². The van der Waals surface area contributed by atoms with Crippen LogP contribution in [0.3, 0.4) is 0 Å². The van der Waals surface area contributed by atoms with E-state index in [0.29, 0.717) is 16.7 Å². The minimum Gasteiger partial charge on any atom is -0.365 e. The van der Waals surface area contributed by atoms with Gasteiger partial charge in [-0.05, 0) is 37.1 Å². The summed E-state index contributed by atoms with van der Waals surface area (Å²) in [5, 5.41) is 20.0. The van der Waals surface area contributed by atoms with Gasteiger partial charge in [-0.25, -0.2) is 0 Å². The van der Waals surface area contributed by atoms with E-state index in [1.165, 1.54) is 0 Å². The predicted molar refractivity (Wildman–Crippen MR) is 98.0 cm³/mol. The summed E-state index contributed by atoms with van der Waals surface area (Å²) in [6.07, 6.45) is 3.92. The van der Waals surface area contributed by atoms with Crippen LogP contribution in [0.5, 0.6) is 0 Å². The Morgan fingerprint density at radius 1 is 1.24 bits per heavy atom. The van der Waals surface area contributed by atoms with Crippen molar-refractivity contribution in [3.63, 3.8) is 0 Å². The first-order valence-corrected chi connectivity index (χ1v) is 8.91. The van der Waals surface area contributed by atoms with Gasteiger partial charge in [0.15, 0.2) is 5.65 Å². The van der Waals surface area contributed by atoms with Crippen molar-refractivity contribution < 1.29 is 4.92 Å². The third-order valence-corrected chi connectivity index (χ3v) is 5.09. The van der Waals surface area contributed by atoms with E-state index >= 15 is 0 Å². The normalized spacial score (nSPS) is 17.8. The monoisotopic (exact) mass is 401 g/mol. The molecule has 8 heteroatoms. The zero-order chi connectivity index (χ0) is 17.4. The molecule has 4 rings (SSSR count). The van der Waals surface area contributed by atoms with Gasteiger partial charge >= 0.3 is 0 Å². The van der Waals surface area contributed by atoms with E-state index in [9.17, 15) is 10.1 Å². The molecular weight excluding hydrogens is 386 g/mol. The third-order valence-electron chi connectivity index (χ3n) is 4.60. The second kappa shape index (κ2) is 6.44. The number of hydrogen-bond donors (Lipinski definition) is 0. The molecule has 0 spiro atoms. The molecule has 1 fully saturated rings. The standard InChI is InChI=1S/C17H16BrN5O2/c18-13-6-7-14(15(10-13)23(24)25)21-8-3-4-12(11-21)17-20-19-16-5-1-2-9-22(16)17/h1-2,5-7,9-10,12H,3-4,8,11H2. The van der Waals surface area contributed by atoms with Crippen LogP contribution >= 0.6 is 15.9 Å². The summed E-state index contributed by atoms with van der Waals surface area (Å²) in [7, 11) is 0. The molecule has 0 radical (unpaired) electrons. The Balaban J connectivity index is 1.67. The van der Waals surface area contributed by atoms with Gasteiger partial charge in [-0.2, -0.15) is 0 Å². The molecule has 1 aliphatic heterocycles. The lowest BCUT2D eigenvalue weighted by molar-refractivity contribution is -0.384. The Labute approximate surface area is 152 Å². The minimum atomic E-state index is -0.323. The summed E-state index contributed by atoms with van der Waals surface area (Å²) in [4.78, 5) is 13.2. The molecule has 1 unspecified atom stereocenters. The van der Waals surface area contributed by atoms with Gasteiger partial charge in [0.2, 0.25) is 0 Å². The molecule has 0 saturated carbocycles. The van der Waals surface area contributed by atoms with E-state index in [1.807, 2.05) is 40.9 Å². The van der Waals surface area contributed by atoms with Gasteiger partial charge < -0.3 is 4.90 Å². The third kappa shape index (κ3) is 2.97. The number of fused-ring (bicyclic) bond motifs is 1. The van der Waals surface area contributed by atoms with Crippen molar-refractivity contribution in [3.8, 4) is 0 Å². The van der Waals surface area contributed by atoms with Gasteiger partial charge in [0.25, 0.3) is 5.69 Å². The number of rotatable bonds is 3. The first-order valence-electron chi connectivity index (χ1n) is 8.12. The van der Waals surface area contributed by atoms with Crippen molar-refractivity contribution in [2.75, 3.05) is 18.0 Å². The molecule has 3 aromatic rings. The number of halogens is 1. The molecule has 3 heterocycles. The molecule has 1 atom stereocenters. The second-order valence-corrected chi connectivity index (χ2v) is 7.08. The number of piperidine rings is 1. The summed E-state index contributed by atoms with van der Waals surface area (Å²) in [6.45, 7) is 1.49. The Kier molecular flexibility index (Phi) is 4.12. The highest BCUT2D eigenvalue weighted by atomic mass is 79.9. The molecule has 0 N–H and O–H groups in total. The molecule has 25 heavy (non-hydrogen) atoms. The zero-order valence-electron chi connectivity index (χ0n) is 13.4. The summed E-state index contributed by atoms with van der Waals surface area (Å²) in [6, 6.07) is 11.0. The average Bonchev–Trinajstić information content (AvgIpc) is 3.06. The van der Waals surface area contributed by atoms with Crippen LogP contribution in [0.25, 0.3) is 5.65 Å². The quantitative estimate of drug-likeness (QED) is 0.492. The molecule has 7 nitrogen and oxygen atoms in total. The Bertz CT molecular complexity index is 942. The van der Waals surface area contributed by atoms with Crippen LogP contribution in [0.1, 0.15) is 24.6 Å². The fourth-order valence-corrected chi connectivity index (χ4v) is 3.80. The lowest BCUT2D eigenvalue weighted by Gasteiger charge is -2.33. The summed E-state index contributed by atoms with van der Waals surface area (Å²) in [5.74, 6) is 1.11. The minimum absolute atomic E-state index is 0.126. The highest BCUT2D eigenvalue weighted by molar-refractivity contribution is 9.10. The van der Waals surface area contributed by atoms with E-state index in [0.717, 1.165) is 30.9 Å². The van der Waals surface area contributed by atoms with E-state index < -0.39 is 0 Å². The maximum absolute atomic E-state index is 11.4. The van der Waals surface area contributed by atoms with Crippen molar-refractivity contribution >= 4 is 33.0 Å². The smallest absolute Gasteiger partial charge is 0.293 e. The summed E-state index contributed by atoms with van der Waals surface area (Å²) < 4.78 is 2.71. The van der Waals surface area contributed by atoms with Crippen molar-refractivity contribution in [2.45, 2.75) is 18.8 Å². The van der Waals surface area contributed by atoms with Gasteiger partial charge in [0, 0.05) is 35.7 Å². The molecular formula is C17H16BrN5O2. The van der Waals surface area contributed by atoms with E-state index in [2.05, 4.69) is 31.0 Å². The molecule has 1 saturated heterocycles. The van der Waals surface area contributed by atoms with Gasteiger partial charge in [0.05, 0.1) is 4.92 Å². The number of nitro groups is 1. The maximum Gasteiger partial charge on any atom is 0.293 e. The number of anilines is 1. The van der Waals surface area contributed by atoms with Crippen molar-refractivity contribution in [1.82, 2.24) is 14.6 Å². The topological polar surface area (TPSA) is 76.6 Å². The van der Waals surface area contributed by atoms with Crippen LogP contribution < -0.4 is 4.90 Å². The fraction of sp³-hybridized carbons (Fsp3) is 0.294. The van der Waals surface area contributed by atoms with Crippen LogP contribution in [0.15, 0.2) is 47.1 Å². The highest BCUT2D eigenvalue weighted by Gasteiger charge is 2.28. The van der Waals surface area contributed by atoms with Crippen LogP contribution in [-0.4, -0.2) is 32.6 Å². The largest absolute Gasteiger partial charge is 0.365 e. The van der Waals surface area contributed by atoms with Crippen LogP contribution in [0.2, 0.25) is 0 Å². The van der Waals surface area contributed by atoms with Crippen molar-refractivity contribution in [2.24, 2.45) is 0 Å². The Morgan fingerprint density at radius 2 is 2.12 bits per heavy atom. The van der Waals surface area contributed by atoms with Crippen LogP contribution in [0.4, 0.5) is 11.4 Å². The Hall–Kier alpha value is -2.48. The summed E-state index contributed by atoms with van der Waals surface area (Å²) >= 11 is 3.31. The maximum atomic E-state index is 11.4.